The summed E-state index contributed by atoms with van der Waals surface area (Å²) in [5.41, 5.74) is 3.06. The second-order valence-electron chi connectivity index (χ2n) is 4.62. The molecule has 98 valence electrons. The third-order valence-electron chi connectivity index (χ3n) is 3.12. The first-order chi connectivity index (χ1) is 9.75. The Balaban J connectivity index is 2.25. The van der Waals surface area contributed by atoms with Crippen LogP contribution < -0.4 is 5.56 Å². The molecule has 0 saturated heterocycles. The van der Waals surface area contributed by atoms with Crippen LogP contribution in [-0.2, 0) is 0 Å². The van der Waals surface area contributed by atoms with E-state index in [9.17, 15) is 4.79 Å². The van der Waals surface area contributed by atoms with Gasteiger partial charge in [-0.2, -0.15) is 9.78 Å². The maximum atomic E-state index is 12.6. The molecule has 0 amide bonds. The van der Waals surface area contributed by atoms with Crippen molar-refractivity contribution >= 4 is 0 Å². The number of nitrogens with zero attached hydrogens (tertiary/aromatic N) is 2. The molecule has 0 aliphatic heterocycles. The van der Waals surface area contributed by atoms with Crippen molar-refractivity contribution in [1.82, 2.24) is 9.78 Å². The first-order valence-corrected chi connectivity index (χ1v) is 6.47. The van der Waals surface area contributed by atoms with Gasteiger partial charge in [-0.1, -0.05) is 48.5 Å². The van der Waals surface area contributed by atoms with E-state index < -0.39 is 0 Å². The highest BCUT2D eigenvalue weighted by molar-refractivity contribution is 5.62. The highest BCUT2D eigenvalue weighted by Crippen LogP contribution is 2.16. The van der Waals surface area contributed by atoms with Gasteiger partial charge in [-0.25, -0.2) is 0 Å². The minimum absolute atomic E-state index is 0.104. The van der Waals surface area contributed by atoms with E-state index in [-0.39, 0.29) is 5.56 Å². The monoisotopic (exact) mass is 262 g/mol. The molecule has 0 aliphatic rings. The van der Waals surface area contributed by atoms with Crippen LogP contribution in [-0.4, -0.2) is 9.78 Å². The number of aromatic nitrogens is 2. The molecule has 3 heteroatoms. The van der Waals surface area contributed by atoms with E-state index in [0.29, 0.717) is 5.56 Å². The maximum Gasteiger partial charge on any atom is 0.279 e. The lowest BCUT2D eigenvalue weighted by atomic mass is 10.1. The summed E-state index contributed by atoms with van der Waals surface area (Å²) in [6, 6.07) is 21.0. The van der Waals surface area contributed by atoms with Crippen LogP contribution in [0.1, 0.15) is 5.69 Å². The molecule has 3 nitrogen and oxygen atoms in total. The molecule has 0 fully saturated rings. The van der Waals surface area contributed by atoms with Crippen molar-refractivity contribution in [2.45, 2.75) is 6.92 Å². The highest BCUT2D eigenvalue weighted by atomic mass is 16.1. The quantitative estimate of drug-likeness (QED) is 0.710. The fourth-order valence-corrected chi connectivity index (χ4v) is 2.19. The van der Waals surface area contributed by atoms with E-state index in [1.807, 2.05) is 73.7 Å². The molecule has 0 radical (unpaired) electrons. The Morgan fingerprint density at radius 3 is 2.15 bits per heavy atom. The van der Waals surface area contributed by atoms with Gasteiger partial charge in [0.2, 0.25) is 0 Å². The van der Waals surface area contributed by atoms with Crippen molar-refractivity contribution in [3.63, 3.8) is 0 Å². The molecule has 1 heterocycles. The fraction of sp³-hybridized carbons (Fsp3) is 0.0588. The van der Waals surface area contributed by atoms with Gasteiger partial charge in [0.1, 0.15) is 0 Å². The van der Waals surface area contributed by atoms with E-state index in [1.165, 1.54) is 4.68 Å². The summed E-state index contributed by atoms with van der Waals surface area (Å²) < 4.78 is 1.46. The molecular weight excluding hydrogens is 248 g/mol. The standard InChI is InChI=1S/C17H14N2O/c1-13-12-16(14-8-4-2-5-9-14)17(20)19(18-13)15-10-6-3-7-11-15/h2-12H,1H3. The van der Waals surface area contributed by atoms with Gasteiger partial charge in [-0.3, -0.25) is 4.79 Å². The second kappa shape index (κ2) is 5.13. The van der Waals surface area contributed by atoms with E-state index in [1.54, 1.807) is 0 Å². The molecule has 0 atom stereocenters. The van der Waals surface area contributed by atoms with Crippen LogP contribution in [0.5, 0.6) is 0 Å². The summed E-state index contributed by atoms with van der Waals surface area (Å²) in [7, 11) is 0. The van der Waals surface area contributed by atoms with Gasteiger partial charge >= 0.3 is 0 Å². The first kappa shape index (κ1) is 12.4. The van der Waals surface area contributed by atoms with Crippen LogP contribution in [0.3, 0.4) is 0 Å². The lowest BCUT2D eigenvalue weighted by molar-refractivity contribution is 0.788. The molecule has 0 unspecified atom stereocenters. The minimum atomic E-state index is -0.104. The van der Waals surface area contributed by atoms with E-state index >= 15 is 0 Å². The average Bonchev–Trinajstić information content (AvgIpc) is 2.51. The summed E-state index contributed by atoms with van der Waals surface area (Å²) >= 11 is 0. The molecule has 0 bridgehead atoms. The molecule has 20 heavy (non-hydrogen) atoms. The topological polar surface area (TPSA) is 34.9 Å². The summed E-state index contributed by atoms with van der Waals surface area (Å²) in [4.78, 5) is 12.6. The van der Waals surface area contributed by atoms with Gasteiger partial charge in [0.25, 0.3) is 5.56 Å². The van der Waals surface area contributed by atoms with Crippen LogP contribution in [0.4, 0.5) is 0 Å². The summed E-state index contributed by atoms with van der Waals surface area (Å²) in [6.45, 7) is 1.89. The maximum absolute atomic E-state index is 12.6. The zero-order chi connectivity index (χ0) is 13.9. The second-order valence-corrected chi connectivity index (χ2v) is 4.62. The number of benzene rings is 2. The zero-order valence-electron chi connectivity index (χ0n) is 11.2. The predicted molar refractivity (Wildman–Crippen MR) is 80.0 cm³/mol. The minimum Gasteiger partial charge on any atom is -0.267 e. The molecule has 1 aromatic heterocycles. The van der Waals surface area contributed by atoms with Crippen molar-refractivity contribution < 1.29 is 0 Å². The summed E-state index contributed by atoms with van der Waals surface area (Å²) in [5, 5.41) is 4.33. The number of aryl methyl sites for hydroxylation is 1. The Kier molecular flexibility index (Phi) is 3.17. The Hall–Kier alpha value is -2.68. The molecule has 0 spiro atoms. The SMILES string of the molecule is Cc1cc(-c2ccccc2)c(=O)n(-c2ccccc2)n1. The Morgan fingerprint density at radius 1 is 0.900 bits per heavy atom. The molecule has 0 aliphatic carbocycles. The van der Waals surface area contributed by atoms with Gasteiger partial charge in [-0.05, 0) is 30.7 Å². The van der Waals surface area contributed by atoms with Crippen molar-refractivity contribution in [2.24, 2.45) is 0 Å². The van der Waals surface area contributed by atoms with E-state index in [0.717, 1.165) is 16.9 Å². The molecule has 3 aromatic rings. The number of para-hydroxylation sites is 1. The fourth-order valence-electron chi connectivity index (χ4n) is 2.19. The number of rotatable bonds is 2. The summed E-state index contributed by atoms with van der Waals surface area (Å²) in [5.74, 6) is 0. The normalized spacial score (nSPS) is 10.4. The van der Waals surface area contributed by atoms with Crippen molar-refractivity contribution in [3.05, 3.63) is 82.8 Å². The Labute approximate surface area is 117 Å². The number of hydrogen-bond acceptors (Lipinski definition) is 2. The van der Waals surface area contributed by atoms with Crippen molar-refractivity contribution in [3.8, 4) is 16.8 Å². The van der Waals surface area contributed by atoms with Crippen LogP contribution in [0.2, 0.25) is 0 Å². The van der Waals surface area contributed by atoms with Gasteiger partial charge < -0.3 is 0 Å². The Bertz CT molecular complexity index is 713. The lowest BCUT2D eigenvalue weighted by Gasteiger charge is -2.08. The molecule has 3 rings (SSSR count). The van der Waals surface area contributed by atoms with Crippen LogP contribution in [0.25, 0.3) is 16.8 Å². The first-order valence-electron chi connectivity index (χ1n) is 6.47. The molecular formula is C17H14N2O. The zero-order valence-corrected chi connectivity index (χ0v) is 11.2. The van der Waals surface area contributed by atoms with Gasteiger partial charge in [0, 0.05) is 0 Å². The van der Waals surface area contributed by atoms with Crippen LogP contribution in [0.15, 0.2) is 71.5 Å². The smallest absolute Gasteiger partial charge is 0.267 e. The summed E-state index contributed by atoms with van der Waals surface area (Å²) in [6.07, 6.45) is 0. The Morgan fingerprint density at radius 2 is 1.50 bits per heavy atom. The third kappa shape index (κ3) is 2.26. The molecule has 2 aromatic carbocycles. The van der Waals surface area contributed by atoms with Crippen molar-refractivity contribution in [2.75, 3.05) is 0 Å². The van der Waals surface area contributed by atoms with Gasteiger partial charge in [0.15, 0.2) is 0 Å². The van der Waals surface area contributed by atoms with Crippen LogP contribution >= 0.6 is 0 Å². The lowest BCUT2D eigenvalue weighted by Crippen LogP contribution is -2.23. The van der Waals surface area contributed by atoms with E-state index in [2.05, 4.69) is 5.10 Å². The van der Waals surface area contributed by atoms with E-state index in [4.69, 9.17) is 0 Å². The van der Waals surface area contributed by atoms with Crippen LogP contribution in [0, 0.1) is 6.92 Å². The third-order valence-corrected chi connectivity index (χ3v) is 3.12. The van der Waals surface area contributed by atoms with Crippen molar-refractivity contribution in [1.29, 1.82) is 0 Å². The molecule has 0 N–H and O–H groups in total. The van der Waals surface area contributed by atoms with Gasteiger partial charge in [0.05, 0.1) is 16.9 Å². The molecule has 0 saturated carbocycles. The largest absolute Gasteiger partial charge is 0.279 e. The highest BCUT2D eigenvalue weighted by Gasteiger charge is 2.09. The average molecular weight is 262 g/mol. The number of hydrogen-bond donors (Lipinski definition) is 0. The predicted octanol–water partition coefficient (Wildman–Crippen LogP) is 3.21. The van der Waals surface area contributed by atoms with Gasteiger partial charge in [-0.15, -0.1) is 0 Å².